The zero-order valence-electron chi connectivity index (χ0n) is 12.6. The molecule has 0 saturated carbocycles. The van der Waals surface area contributed by atoms with Crippen molar-refractivity contribution in [1.82, 2.24) is 9.03 Å². The number of nitrogens with zero attached hydrogens (tertiary/aromatic N) is 1. The van der Waals surface area contributed by atoms with Crippen LogP contribution in [0.3, 0.4) is 0 Å². The molecule has 0 bridgehead atoms. The lowest BCUT2D eigenvalue weighted by Crippen LogP contribution is -2.43. The molecule has 1 aromatic carbocycles. The molecule has 1 saturated heterocycles. The van der Waals surface area contributed by atoms with Gasteiger partial charge >= 0.3 is 0 Å². The first kappa shape index (κ1) is 15.6. The molecule has 2 heterocycles. The highest BCUT2D eigenvalue weighted by Gasteiger charge is 2.23. The van der Waals surface area contributed by atoms with Gasteiger partial charge in [0.25, 0.3) is 10.2 Å². The average molecular weight is 326 g/mol. The molecule has 0 aliphatic carbocycles. The van der Waals surface area contributed by atoms with Gasteiger partial charge in [0.05, 0.1) is 13.2 Å². The molecule has 1 N–H and O–H groups in total. The van der Waals surface area contributed by atoms with Crippen molar-refractivity contribution in [3.63, 3.8) is 0 Å². The van der Waals surface area contributed by atoms with E-state index in [9.17, 15) is 8.42 Å². The summed E-state index contributed by atoms with van der Waals surface area (Å²) < 4.78 is 39.9. The molecule has 122 valence electrons. The third kappa shape index (κ3) is 3.71. The minimum Gasteiger partial charge on any atom is -0.490 e. The van der Waals surface area contributed by atoms with Gasteiger partial charge in [-0.3, -0.25) is 0 Å². The predicted molar refractivity (Wildman–Crippen MR) is 83.2 cm³/mol. The minimum atomic E-state index is -3.40. The predicted octanol–water partition coefficient (Wildman–Crippen LogP) is 1.67. The van der Waals surface area contributed by atoms with Crippen LogP contribution in [0, 0.1) is 0 Å². The summed E-state index contributed by atoms with van der Waals surface area (Å²) in [5.41, 5.74) is 0.866. The van der Waals surface area contributed by atoms with E-state index in [4.69, 9.17) is 9.47 Å². The Hall–Kier alpha value is -1.31. The first-order valence-corrected chi connectivity index (χ1v) is 9.22. The normalized spacial score (nSPS) is 19.6. The monoisotopic (exact) mass is 326 g/mol. The van der Waals surface area contributed by atoms with Crippen LogP contribution in [0.4, 0.5) is 0 Å². The lowest BCUT2D eigenvalue weighted by Gasteiger charge is -2.26. The number of hydrogen-bond donors (Lipinski definition) is 1. The molecule has 2 aliphatic rings. The smallest absolute Gasteiger partial charge is 0.279 e. The van der Waals surface area contributed by atoms with Gasteiger partial charge in [0.2, 0.25) is 0 Å². The van der Waals surface area contributed by atoms with Gasteiger partial charge in [0.1, 0.15) is 0 Å². The van der Waals surface area contributed by atoms with Crippen LogP contribution >= 0.6 is 0 Å². The largest absolute Gasteiger partial charge is 0.490 e. The van der Waals surface area contributed by atoms with Crippen molar-refractivity contribution < 1.29 is 17.9 Å². The van der Waals surface area contributed by atoms with Gasteiger partial charge < -0.3 is 9.47 Å². The van der Waals surface area contributed by atoms with Crippen LogP contribution in [-0.2, 0) is 16.8 Å². The average Bonchev–Trinajstić information content (AvgIpc) is 2.78. The minimum absolute atomic E-state index is 0.259. The summed E-state index contributed by atoms with van der Waals surface area (Å²) in [6.45, 7) is 2.74. The SMILES string of the molecule is O=S(=O)(NCc1ccc2c(c1)OCCCO2)N1CCCCC1. The molecule has 3 rings (SSSR count). The van der Waals surface area contributed by atoms with Gasteiger partial charge in [-0.25, -0.2) is 0 Å². The molecule has 7 heteroatoms. The summed E-state index contributed by atoms with van der Waals surface area (Å²) in [4.78, 5) is 0. The fourth-order valence-electron chi connectivity index (χ4n) is 2.69. The standard InChI is InChI=1S/C15H22N2O4S/c18-22(19,17-7-2-1-3-8-17)16-12-13-5-6-14-15(11-13)21-10-4-9-20-14/h5-6,11,16H,1-4,7-10,12H2. The van der Waals surface area contributed by atoms with Crippen molar-refractivity contribution in [2.45, 2.75) is 32.2 Å². The number of ether oxygens (including phenoxy) is 2. The molecule has 0 amide bonds. The number of fused-ring (bicyclic) bond motifs is 1. The zero-order valence-corrected chi connectivity index (χ0v) is 13.4. The number of hydrogen-bond acceptors (Lipinski definition) is 4. The summed E-state index contributed by atoms with van der Waals surface area (Å²) in [6, 6.07) is 5.55. The molecule has 1 aromatic rings. The van der Waals surface area contributed by atoms with Crippen LogP contribution in [0.25, 0.3) is 0 Å². The molecule has 2 aliphatic heterocycles. The maximum Gasteiger partial charge on any atom is 0.279 e. The van der Waals surface area contributed by atoms with Crippen molar-refractivity contribution in [2.24, 2.45) is 0 Å². The first-order chi connectivity index (χ1) is 10.6. The van der Waals surface area contributed by atoms with Crippen molar-refractivity contribution in [2.75, 3.05) is 26.3 Å². The molecule has 0 spiro atoms. The Morgan fingerprint density at radius 1 is 1.00 bits per heavy atom. The Bertz CT molecular complexity index is 612. The second-order valence-electron chi connectivity index (χ2n) is 5.62. The van der Waals surface area contributed by atoms with Gasteiger partial charge in [-0.1, -0.05) is 12.5 Å². The van der Waals surface area contributed by atoms with Crippen LogP contribution in [0.2, 0.25) is 0 Å². The summed E-state index contributed by atoms with van der Waals surface area (Å²) in [7, 11) is -3.40. The third-order valence-corrected chi connectivity index (χ3v) is 5.48. The van der Waals surface area contributed by atoms with Crippen molar-refractivity contribution in [3.8, 4) is 11.5 Å². The van der Waals surface area contributed by atoms with E-state index in [0.717, 1.165) is 37.0 Å². The summed E-state index contributed by atoms with van der Waals surface area (Å²) in [6.07, 6.45) is 3.83. The van der Waals surface area contributed by atoms with Gasteiger partial charge in [0.15, 0.2) is 11.5 Å². The highest BCUT2D eigenvalue weighted by atomic mass is 32.2. The van der Waals surface area contributed by atoms with Crippen LogP contribution in [0.15, 0.2) is 18.2 Å². The summed E-state index contributed by atoms with van der Waals surface area (Å²) >= 11 is 0. The highest BCUT2D eigenvalue weighted by Crippen LogP contribution is 2.30. The number of rotatable bonds is 4. The Labute approximate surface area is 131 Å². The number of benzene rings is 1. The van der Waals surface area contributed by atoms with Crippen LogP contribution in [0.5, 0.6) is 11.5 Å². The van der Waals surface area contributed by atoms with E-state index in [2.05, 4.69) is 4.72 Å². The molecule has 0 unspecified atom stereocenters. The lowest BCUT2D eigenvalue weighted by molar-refractivity contribution is 0.297. The van der Waals surface area contributed by atoms with Crippen molar-refractivity contribution in [3.05, 3.63) is 23.8 Å². The van der Waals surface area contributed by atoms with Crippen molar-refractivity contribution >= 4 is 10.2 Å². The van der Waals surface area contributed by atoms with Gasteiger partial charge in [-0.05, 0) is 30.5 Å². The number of piperidine rings is 1. The molecule has 0 aromatic heterocycles. The summed E-state index contributed by atoms with van der Waals surface area (Å²) in [5, 5.41) is 0. The Kier molecular flexibility index (Phi) is 4.85. The van der Waals surface area contributed by atoms with Gasteiger partial charge in [0, 0.05) is 26.1 Å². The summed E-state index contributed by atoms with van der Waals surface area (Å²) in [5.74, 6) is 1.41. The lowest BCUT2D eigenvalue weighted by atomic mass is 10.2. The molecular formula is C15H22N2O4S. The molecule has 6 nitrogen and oxygen atoms in total. The molecule has 22 heavy (non-hydrogen) atoms. The van der Waals surface area contributed by atoms with Gasteiger partial charge in [-0.15, -0.1) is 0 Å². The number of nitrogens with one attached hydrogen (secondary N) is 1. The van der Waals surface area contributed by atoms with Crippen molar-refractivity contribution in [1.29, 1.82) is 0 Å². The Morgan fingerprint density at radius 2 is 1.73 bits per heavy atom. The maximum atomic E-state index is 12.3. The Balaban J connectivity index is 1.64. The second kappa shape index (κ2) is 6.85. The Morgan fingerprint density at radius 3 is 2.50 bits per heavy atom. The third-order valence-electron chi connectivity index (χ3n) is 3.93. The van der Waals surface area contributed by atoms with Crippen LogP contribution < -0.4 is 14.2 Å². The van der Waals surface area contributed by atoms with E-state index in [1.54, 1.807) is 0 Å². The van der Waals surface area contributed by atoms with Crippen LogP contribution in [-0.4, -0.2) is 39.0 Å². The molecule has 0 atom stereocenters. The van der Waals surface area contributed by atoms with E-state index < -0.39 is 10.2 Å². The van der Waals surface area contributed by atoms with E-state index in [-0.39, 0.29) is 6.54 Å². The fraction of sp³-hybridized carbons (Fsp3) is 0.600. The van der Waals surface area contributed by atoms with Gasteiger partial charge in [-0.2, -0.15) is 17.4 Å². The zero-order chi connectivity index (χ0) is 15.4. The fourth-order valence-corrected chi connectivity index (χ4v) is 3.96. The second-order valence-corrected chi connectivity index (χ2v) is 7.37. The van der Waals surface area contributed by atoms with E-state index in [1.165, 1.54) is 4.31 Å². The van der Waals surface area contributed by atoms with E-state index in [1.807, 2.05) is 18.2 Å². The topological polar surface area (TPSA) is 67.9 Å². The quantitative estimate of drug-likeness (QED) is 0.914. The van der Waals surface area contributed by atoms with E-state index >= 15 is 0 Å². The molecule has 1 fully saturated rings. The van der Waals surface area contributed by atoms with E-state index in [0.29, 0.717) is 32.1 Å². The first-order valence-electron chi connectivity index (χ1n) is 7.78. The maximum absolute atomic E-state index is 12.3. The molecule has 0 radical (unpaired) electrons. The highest BCUT2D eigenvalue weighted by molar-refractivity contribution is 7.87. The molecular weight excluding hydrogens is 304 g/mol. The van der Waals surface area contributed by atoms with Crippen LogP contribution in [0.1, 0.15) is 31.2 Å².